The first kappa shape index (κ1) is 22.5. The van der Waals surface area contributed by atoms with Crippen LogP contribution in [0.5, 0.6) is 0 Å². The summed E-state index contributed by atoms with van der Waals surface area (Å²) in [4.78, 5) is 7.79. The fourth-order valence-electron chi connectivity index (χ4n) is 4.90. The van der Waals surface area contributed by atoms with Gasteiger partial charge in [0.05, 0.1) is 11.4 Å². The molecule has 0 spiro atoms. The van der Waals surface area contributed by atoms with Crippen molar-refractivity contribution in [2.24, 2.45) is 11.8 Å². The summed E-state index contributed by atoms with van der Waals surface area (Å²) in [5.41, 5.74) is 5.69. The average molecular weight is 428 g/mol. The molecule has 0 saturated carbocycles. The van der Waals surface area contributed by atoms with Crippen LogP contribution in [0, 0.1) is 11.8 Å². The molecule has 3 heteroatoms. The highest BCUT2D eigenvalue weighted by atomic mass is 15.1. The third kappa shape index (κ3) is 5.39. The van der Waals surface area contributed by atoms with Crippen LogP contribution >= 0.6 is 0 Å². The summed E-state index contributed by atoms with van der Waals surface area (Å²) in [5.74, 6) is 1.84. The number of piperidine rings is 1. The molecule has 1 aromatic rings. The molecule has 0 bridgehead atoms. The van der Waals surface area contributed by atoms with Gasteiger partial charge in [0.1, 0.15) is 0 Å². The Morgan fingerprint density at radius 2 is 2.03 bits per heavy atom. The van der Waals surface area contributed by atoms with E-state index in [0.29, 0.717) is 11.8 Å². The average Bonchev–Trinajstić information content (AvgIpc) is 2.84. The summed E-state index contributed by atoms with van der Waals surface area (Å²) < 4.78 is 0. The largest absolute Gasteiger partial charge is 0.394 e. The zero-order valence-corrected chi connectivity index (χ0v) is 19.6. The van der Waals surface area contributed by atoms with Gasteiger partial charge in [0, 0.05) is 19.5 Å². The third-order valence-electron chi connectivity index (χ3n) is 6.95. The molecule has 2 aliphatic carbocycles. The molecule has 0 radical (unpaired) electrons. The molecule has 2 heterocycles. The van der Waals surface area contributed by atoms with E-state index in [4.69, 9.17) is 4.98 Å². The molecule has 0 aromatic carbocycles. The summed E-state index contributed by atoms with van der Waals surface area (Å²) >= 11 is 0. The quantitative estimate of drug-likeness (QED) is 0.561. The van der Waals surface area contributed by atoms with Gasteiger partial charge in [-0.1, -0.05) is 62.1 Å². The van der Waals surface area contributed by atoms with Crippen molar-refractivity contribution >= 4 is 17.7 Å². The molecule has 1 N–H and O–H groups in total. The summed E-state index contributed by atoms with van der Waals surface area (Å²) in [6, 6.07) is 2.29. The first-order valence-corrected chi connectivity index (χ1v) is 12.1. The first-order chi connectivity index (χ1) is 15.7. The molecule has 32 heavy (non-hydrogen) atoms. The van der Waals surface area contributed by atoms with Gasteiger partial charge >= 0.3 is 0 Å². The normalized spacial score (nSPS) is 24.1. The van der Waals surface area contributed by atoms with E-state index in [2.05, 4.69) is 72.3 Å². The van der Waals surface area contributed by atoms with Gasteiger partial charge < -0.3 is 10.2 Å². The summed E-state index contributed by atoms with van der Waals surface area (Å²) in [7, 11) is 1.91. The first-order valence-electron chi connectivity index (χ1n) is 12.1. The van der Waals surface area contributed by atoms with Gasteiger partial charge in [-0.3, -0.25) is 0 Å². The molecule has 3 aliphatic rings. The molecule has 1 fully saturated rings. The highest BCUT2D eigenvalue weighted by Gasteiger charge is 2.22. The van der Waals surface area contributed by atoms with E-state index in [9.17, 15) is 0 Å². The van der Waals surface area contributed by atoms with Gasteiger partial charge in [-0.15, -0.1) is 0 Å². The maximum absolute atomic E-state index is 5.14. The van der Waals surface area contributed by atoms with Crippen molar-refractivity contribution in [1.29, 1.82) is 0 Å². The van der Waals surface area contributed by atoms with Crippen molar-refractivity contribution in [3.05, 3.63) is 83.9 Å². The van der Waals surface area contributed by atoms with E-state index in [1.54, 1.807) is 0 Å². The van der Waals surface area contributed by atoms with Gasteiger partial charge in [0.2, 0.25) is 0 Å². The Labute approximate surface area is 194 Å². The number of hydrogen-bond acceptors (Lipinski definition) is 3. The minimum Gasteiger partial charge on any atom is -0.394 e. The van der Waals surface area contributed by atoms with E-state index in [1.807, 2.05) is 25.4 Å². The van der Waals surface area contributed by atoms with Crippen LogP contribution in [0.4, 0.5) is 0 Å². The summed E-state index contributed by atoms with van der Waals surface area (Å²) in [6.07, 6.45) is 26.6. The van der Waals surface area contributed by atoms with Crippen molar-refractivity contribution in [2.45, 2.75) is 38.5 Å². The van der Waals surface area contributed by atoms with E-state index < -0.39 is 0 Å². The van der Waals surface area contributed by atoms with E-state index in [0.717, 1.165) is 35.7 Å². The number of likely N-dealkylation sites (tertiary alicyclic amines) is 1. The standard InChI is InChI=1S/C29H37N3/c1-4-24-20-27(25-8-6-5-7-9-25)29(31-28(24)14-17-30-3)26-12-10-23(11-13-26)21-32-18-15-22(2)16-19-32/h4-8,10,12-14,17,20,22-23,25,30H,1,9,11,15-16,18-19,21H2,2-3H3/b17-14-. The van der Waals surface area contributed by atoms with Gasteiger partial charge in [-0.25, -0.2) is 4.98 Å². The molecular formula is C29H37N3. The maximum Gasteiger partial charge on any atom is 0.0744 e. The Bertz CT molecular complexity index is 955. The number of allylic oxidation sites excluding steroid dienone is 7. The Hall–Kier alpha value is -2.65. The Balaban J connectivity index is 1.58. The summed E-state index contributed by atoms with van der Waals surface area (Å²) in [6.45, 7) is 10.1. The Morgan fingerprint density at radius 3 is 2.69 bits per heavy atom. The van der Waals surface area contributed by atoms with Gasteiger partial charge in [-0.2, -0.15) is 0 Å². The Kier molecular flexibility index (Phi) is 7.59. The highest BCUT2D eigenvalue weighted by molar-refractivity contribution is 5.77. The van der Waals surface area contributed by atoms with Gasteiger partial charge in [0.25, 0.3) is 0 Å². The molecule has 168 valence electrons. The fraction of sp³-hybridized carbons (Fsp3) is 0.414. The van der Waals surface area contributed by atoms with Gasteiger partial charge in [-0.05, 0) is 85.7 Å². The molecule has 2 atom stereocenters. The molecular weight excluding hydrogens is 390 g/mol. The zero-order valence-electron chi connectivity index (χ0n) is 19.6. The number of nitrogens with one attached hydrogen (secondary N) is 1. The molecule has 1 saturated heterocycles. The van der Waals surface area contributed by atoms with Crippen LogP contribution in [0.15, 0.2) is 61.4 Å². The number of hydrogen-bond donors (Lipinski definition) is 1. The minimum atomic E-state index is 0.353. The van der Waals surface area contributed by atoms with Crippen molar-refractivity contribution in [2.75, 3.05) is 26.7 Å². The smallest absolute Gasteiger partial charge is 0.0744 e. The minimum absolute atomic E-state index is 0.353. The monoisotopic (exact) mass is 427 g/mol. The molecule has 4 rings (SSSR count). The number of nitrogens with zero attached hydrogens (tertiary/aromatic N) is 2. The molecule has 1 aromatic heterocycles. The maximum atomic E-state index is 5.14. The van der Waals surface area contributed by atoms with Crippen molar-refractivity contribution in [1.82, 2.24) is 15.2 Å². The molecule has 1 aliphatic heterocycles. The van der Waals surface area contributed by atoms with Crippen LogP contribution in [0.3, 0.4) is 0 Å². The van der Waals surface area contributed by atoms with E-state index >= 15 is 0 Å². The van der Waals surface area contributed by atoms with Crippen LogP contribution in [0.2, 0.25) is 0 Å². The van der Waals surface area contributed by atoms with Crippen molar-refractivity contribution < 1.29 is 0 Å². The lowest BCUT2D eigenvalue weighted by Gasteiger charge is -2.32. The summed E-state index contributed by atoms with van der Waals surface area (Å²) in [5, 5.41) is 3.08. The predicted molar refractivity (Wildman–Crippen MR) is 138 cm³/mol. The molecule has 3 nitrogen and oxygen atoms in total. The second-order valence-electron chi connectivity index (χ2n) is 9.38. The van der Waals surface area contributed by atoms with Crippen LogP contribution < -0.4 is 5.32 Å². The lowest BCUT2D eigenvalue weighted by molar-refractivity contribution is 0.177. The zero-order chi connectivity index (χ0) is 22.3. The van der Waals surface area contributed by atoms with Crippen LogP contribution in [-0.2, 0) is 0 Å². The van der Waals surface area contributed by atoms with Gasteiger partial charge in [0.15, 0.2) is 0 Å². The van der Waals surface area contributed by atoms with Crippen molar-refractivity contribution in [3.63, 3.8) is 0 Å². The number of aromatic nitrogens is 1. The SMILES string of the molecule is C=Cc1cc(C2C=CC=CC2)c(C2=CCC(CN3CCC(C)CC3)C=C2)nc1/C=C\NC. The lowest BCUT2D eigenvalue weighted by Crippen LogP contribution is -2.36. The topological polar surface area (TPSA) is 28.2 Å². The van der Waals surface area contributed by atoms with E-state index in [1.165, 1.54) is 43.6 Å². The fourth-order valence-corrected chi connectivity index (χ4v) is 4.90. The third-order valence-corrected chi connectivity index (χ3v) is 6.95. The van der Waals surface area contributed by atoms with Crippen LogP contribution in [0.25, 0.3) is 17.7 Å². The molecule has 0 amide bonds. The second kappa shape index (κ2) is 10.8. The molecule has 2 unspecified atom stereocenters. The number of pyridine rings is 1. The van der Waals surface area contributed by atoms with Crippen LogP contribution in [-0.4, -0.2) is 36.6 Å². The van der Waals surface area contributed by atoms with E-state index in [-0.39, 0.29) is 0 Å². The highest BCUT2D eigenvalue weighted by Crippen LogP contribution is 2.35. The predicted octanol–water partition coefficient (Wildman–Crippen LogP) is 6.21. The lowest BCUT2D eigenvalue weighted by atomic mass is 9.85. The second-order valence-corrected chi connectivity index (χ2v) is 9.38. The Morgan fingerprint density at radius 1 is 1.19 bits per heavy atom. The van der Waals surface area contributed by atoms with Crippen molar-refractivity contribution in [3.8, 4) is 0 Å². The van der Waals surface area contributed by atoms with Crippen LogP contribution in [0.1, 0.15) is 61.0 Å². The number of rotatable bonds is 7.